The highest BCUT2D eigenvalue weighted by molar-refractivity contribution is 7.09. The number of rotatable bonds is 5. The standard InChI is InChI=1S/C16H16N4O2S/c1-11(21)13-6-2-3-7-14(13)17-16(22)15-10-20(19-18-15)9-12-5-4-8-23-12/h2-8,10-11,21H,9H2,1H3,(H,17,22)/t11-/m1/s1. The van der Waals surface area contributed by atoms with Crippen molar-refractivity contribution in [2.24, 2.45) is 0 Å². The molecule has 2 N–H and O–H groups in total. The molecule has 0 saturated heterocycles. The van der Waals surface area contributed by atoms with Crippen LogP contribution in [0.3, 0.4) is 0 Å². The zero-order valence-corrected chi connectivity index (χ0v) is 13.3. The number of anilines is 1. The summed E-state index contributed by atoms with van der Waals surface area (Å²) in [6, 6.07) is 11.1. The highest BCUT2D eigenvalue weighted by atomic mass is 32.1. The fraction of sp³-hybridized carbons (Fsp3) is 0.188. The maximum atomic E-state index is 12.3. The third kappa shape index (κ3) is 3.64. The number of thiophene rings is 1. The summed E-state index contributed by atoms with van der Waals surface area (Å²) in [6.07, 6.45) is 0.945. The predicted octanol–water partition coefficient (Wildman–Crippen LogP) is 2.69. The first-order valence-corrected chi connectivity index (χ1v) is 8.02. The molecule has 7 heteroatoms. The quantitative estimate of drug-likeness (QED) is 0.754. The van der Waals surface area contributed by atoms with Crippen LogP contribution in [-0.4, -0.2) is 26.0 Å². The number of amides is 1. The van der Waals surface area contributed by atoms with Crippen LogP contribution >= 0.6 is 11.3 Å². The Labute approximate surface area is 137 Å². The van der Waals surface area contributed by atoms with Crippen LogP contribution in [0.5, 0.6) is 0 Å². The molecule has 1 aromatic carbocycles. The Morgan fingerprint density at radius 3 is 2.91 bits per heavy atom. The topological polar surface area (TPSA) is 80.0 Å². The number of hydrogen-bond donors (Lipinski definition) is 2. The number of aliphatic hydroxyl groups excluding tert-OH is 1. The van der Waals surface area contributed by atoms with E-state index < -0.39 is 6.10 Å². The first-order valence-electron chi connectivity index (χ1n) is 7.14. The summed E-state index contributed by atoms with van der Waals surface area (Å²) in [5.41, 5.74) is 1.47. The summed E-state index contributed by atoms with van der Waals surface area (Å²) in [6.45, 7) is 2.24. The molecule has 6 nitrogen and oxygen atoms in total. The molecule has 0 bridgehead atoms. The number of carbonyl (C=O) groups excluding carboxylic acids is 1. The van der Waals surface area contributed by atoms with Gasteiger partial charge >= 0.3 is 0 Å². The third-order valence-electron chi connectivity index (χ3n) is 3.33. The Kier molecular flexibility index (Phi) is 4.50. The van der Waals surface area contributed by atoms with Crippen molar-refractivity contribution < 1.29 is 9.90 Å². The second-order valence-electron chi connectivity index (χ2n) is 5.10. The van der Waals surface area contributed by atoms with E-state index >= 15 is 0 Å². The molecule has 0 fully saturated rings. The second-order valence-corrected chi connectivity index (χ2v) is 6.13. The van der Waals surface area contributed by atoms with Crippen molar-refractivity contribution in [2.75, 3.05) is 5.32 Å². The number of carbonyl (C=O) groups is 1. The average molecular weight is 328 g/mol. The molecular weight excluding hydrogens is 312 g/mol. The lowest BCUT2D eigenvalue weighted by Gasteiger charge is -2.11. The molecule has 0 radical (unpaired) electrons. The Bertz CT molecular complexity index is 796. The maximum Gasteiger partial charge on any atom is 0.277 e. The lowest BCUT2D eigenvalue weighted by Crippen LogP contribution is -2.14. The Morgan fingerprint density at radius 2 is 2.17 bits per heavy atom. The van der Waals surface area contributed by atoms with E-state index in [0.717, 1.165) is 4.88 Å². The van der Waals surface area contributed by atoms with Crippen LogP contribution in [0.25, 0.3) is 0 Å². The molecule has 3 rings (SSSR count). The summed E-state index contributed by atoms with van der Waals surface area (Å²) in [5, 5.41) is 22.4. The molecule has 0 spiro atoms. The highest BCUT2D eigenvalue weighted by Crippen LogP contribution is 2.22. The largest absolute Gasteiger partial charge is 0.389 e. The fourth-order valence-electron chi connectivity index (χ4n) is 2.20. The van der Waals surface area contributed by atoms with Gasteiger partial charge in [0, 0.05) is 16.1 Å². The summed E-state index contributed by atoms with van der Waals surface area (Å²) in [4.78, 5) is 13.4. The molecule has 23 heavy (non-hydrogen) atoms. The van der Waals surface area contributed by atoms with Crippen LogP contribution in [0.2, 0.25) is 0 Å². The van der Waals surface area contributed by atoms with Crippen LogP contribution in [0.4, 0.5) is 5.69 Å². The van der Waals surface area contributed by atoms with Crippen LogP contribution < -0.4 is 5.32 Å². The van der Waals surface area contributed by atoms with Gasteiger partial charge in [-0.25, -0.2) is 4.68 Å². The first-order chi connectivity index (χ1) is 11.1. The minimum absolute atomic E-state index is 0.238. The van der Waals surface area contributed by atoms with Gasteiger partial charge < -0.3 is 10.4 Å². The van der Waals surface area contributed by atoms with Crippen LogP contribution in [-0.2, 0) is 6.54 Å². The van der Waals surface area contributed by atoms with Crippen molar-refractivity contribution in [3.8, 4) is 0 Å². The summed E-state index contributed by atoms with van der Waals surface area (Å²) >= 11 is 1.63. The SMILES string of the molecule is C[C@@H](O)c1ccccc1NC(=O)c1cn(Cc2cccs2)nn1. The van der Waals surface area contributed by atoms with E-state index in [1.54, 1.807) is 47.3 Å². The number of para-hydroxylation sites is 1. The van der Waals surface area contributed by atoms with E-state index in [1.165, 1.54) is 0 Å². The predicted molar refractivity (Wildman–Crippen MR) is 88.5 cm³/mol. The number of hydrogen-bond acceptors (Lipinski definition) is 5. The van der Waals surface area contributed by atoms with E-state index in [-0.39, 0.29) is 11.6 Å². The van der Waals surface area contributed by atoms with Gasteiger partial charge in [0.1, 0.15) is 0 Å². The summed E-state index contributed by atoms with van der Waals surface area (Å²) < 4.78 is 1.63. The molecule has 0 unspecified atom stereocenters. The van der Waals surface area contributed by atoms with E-state index in [9.17, 15) is 9.90 Å². The minimum Gasteiger partial charge on any atom is -0.389 e. The monoisotopic (exact) mass is 328 g/mol. The number of benzene rings is 1. The lowest BCUT2D eigenvalue weighted by atomic mass is 10.1. The van der Waals surface area contributed by atoms with Gasteiger partial charge in [-0.05, 0) is 24.4 Å². The maximum absolute atomic E-state index is 12.3. The van der Waals surface area contributed by atoms with Crippen molar-refractivity contribution in [1.29, 1.82) is 0 Å². The van der Waals surface area contributed by atoms with E-state index in [0.29, 0.717) is 17.8 Å². The van der Waals surface area contributed by atoms with Gasteiger partial charge in [0.05, 0.1) is 18.8 Å². The van der Waals surface area contributed by atoms with Gasteiger partial charge in [-0.3, -0.25) is 4.79 Å². The van der Waals surface area contributed by atoms with Gasteiger partial charge in [0.25, 0.3) is 5.91 Å². The lowest BCUT2D eigenvalue weighted by molar-refractivity contribution is 0.102. The highest BCUT2D eigenvalue weighted by Gasteiger charge is 2.14. The Hall–Kier alpha value is -2.51. The molecular formula is C16H16N4O2S. The molecule has 0 saturated carbocycles. The molecule has 0 aliphatic heterocycles. The molecule has 2 aromatic heterocycles. The van der Waals surface area contributed by atoms with Crippen LogP contribution in [0, 0.1) is 0 Å². The number of nitrogens with zero attached hydrogens (tertiary/aromatic N) is 3. The summed E-state index contributed by atoms with van der Waals surface area (Å²) in [5.74, 6) is -0.351. The van der Waals surface area contributed by atoms with E-state index in [2.05, 4.69) is 15.6 Å². The molecule has 1 amide bonds. The number of nitrogens with one attached hydrogen (secondary N) is 1. The fourth-order valence-corrected chi connectivity index (χ4v) is 2.90. The Balaban J connectivity index is 1.73. The van der Waals surface area contributed by atoms with Gasteiger partial charge in [-0.2, -0.15) is 0 Å². The first kappa shape index (κ1) is 15.4. The van der Waals surface area contributed by atoms with Crippen molar-refractivity contribution in [2.45, 2.75) is 19.6 Å². The van der Waals surface area contributed by atoms with Crippen molar-refractivity contribution >= 4 is 22.9 Å². The second kappa shape index (κ2) is 6.72. The number of aliphatic hydroxyl groups is 1. The van der Waals surface area contributed by atoms with Crippen molar-refractivity contribution in [1.82, 2.24) is 15.0 Å². The van der Waals surface area contributed by atoms with Crippen molar-refractivity contribution in [3.63, 3.8) is 0 Å². The molecule has 2 heterocycles. The molecule has 1 atom stereocenters. The van der Waals surface area contributed by atoms with Gasteiger partial charge in [-0.15, -0.1) is 16.4 Å². The van der Waals surface area contributed by atoms with Crippen LogP contribution in [0.1, 0.15) is 34.0 Å². The minimum atomic E-state index is -0.666. The van der Waals surface area contributed by atoms with E-state index in [1.807, 2.05) is 23.6 Å². The van der Waals surface area contributed by atoms with Crippen molar-refractivity contribution in [3.05, 3.63) is 64.1 Å². The van der Waals surface area contributed by atoms with Gasteiger partial charge in [0.2, 0.25) is 0 Å². The normalized spacial score (nSPS) is 12.1. The molecule has 3 aromatic rings. The molecule has 118 valence electrons. The smallest absolute Gasteiger partial charge is 0.277 e. The molecule has 0 aliphatic carbocycles. The molecule has 0 aliphatic rings. The van der Waals surface area contributed by atoms with E-state index in [4.69, 9.17) is 0 Å². The third-order valence-corrected chi connectivity index (χ3v) is 4.19. The zero-order valence-electron chi connectivity index (χ0n) is 12.5. The number of aromatic nitrogens is 3. The summed E-state index contributed by atoms with van der Waals surface area (Å²) in [7, 11) is 0. The Morgan fingerprint density at radius 1 is 1.35 bits per heavy atom. The van der Waals surface area contributed by atoms with Crippen LogP contribution in [0.15, 0.2) is 48.0 Å². The van der Waals surface area contributed by atoms with Gasteiger partial charge in [-0.1, -0.05) is 29.5 Å². The average Bonchev–Trinajstić information content (AvgIpc) is 3.20. The van der Waals surface area contributed by atoms with Gasteiger partial charge in [0.15, 0.2) is 5.69 Å². The zero-order chi connectivity index (χ0) is 16.2.